The molecule has 4 aliphatic rings. The maximum atomic E-state index is 8.09. The van der Waals surface area contributed by atoms with Crippen LogP contribution in [0.2, 0.25) is 0 Å². The summed E-state index contributed by atoms with van der Waals surface area (Å²) >= 11 is 0. The molecular formula is C82H56B2N6O2. The van der Waals surface area contributed by atoms with E-state index in [-0.39, 0.29) is 6.71 Å². The molecule has 0 unspecified atom stereocenters. The first-order valence-electron chi connectivity index (χ1n) is 31.4. The van der Waals surface area contributed by atoms with Crippen LogP contribution in [0.3, 0.4) is 0 Å². The average Bonchev–Trinajstić information content (AvgIpc) is 1.40. The van der Waals surface area contributed by atoms with Crippen LogP contribution >= 0.6 is 0 Å². The Hall–Kier alpha value is -12.1. The van der Waals surface area contributed by atoms with Crippen LogP contribution in [-0.4, -0.2) is 13.4 Å². The number of rotatable bonds is 12. The molecule has 5 heterocycles. The average molecular weight is 1180 g/mol. The van der Waals surface area contributed by atoms with Crippen molar-refractivity contribution in [2.45, 2.75) is 0 Å². The SMILES string of the molecule is c1ccc(N(c2ccccc2)c2ccc3c(c2)N(c2ccccc2)c2cc(N(c4ccccc4)c4ccccc4)cc4c2B3c2oc3c(c2O4)N(c2ccccc2)c2cc(N(c4ccccc4)c4ccccc4)cc4c2B3c2ccccc2N4c2ccccc2)cc1. The first-order chi connectivity index (χ1) is 45.7. The number of furan rings is 1. The summed E-state index contributed by atoms with van der Waals surface area (Å²) in [5, 5.41) is 0. The van der Waals surface area contributed by atoms with Crippen LogP contribution in [0, 0.1) is 0 Å². The highest BCUT2D eigenvalue weighted by Crippen LogP contribution is 2.54. The summed E-state index contributed by atoms with van der Waals surface area (Å²) in [4.78, 5) is 14.4. The molecule has 0 amide bonds. The van der Waals surface area contributed by atoms with E-state index in [1.807, 2.05) is 0 Å². The van der Waals surface area contributed by atoms with Crippen molar-refractivity contribution in [2.24, 2.45) is 0 Å². The lowest BCUT2D eigenvalue weighted by molar-refractivity contribution is 0.479. The molecule has 1 aromatic heterocycles. The molecule has 0 N–H and O–H groups in total. The van der Waals surface area contributed by atoms with E-state index in [0.29, 0.717) is 5.75 Å². The first kappa shape index (κ1) is 52.9. The van der Waals surface area contributed by atoms with Crippen LogP contribution in [0.15, 0.2) is 344 Å². The Morgan fingerprint density at radius 2 is 0.587 bits per heavy atom. The second-order valence-corrected chi connectivity index (χ2v) is 23.6. The number of benzene rings is 13. The normalized spacial score (nSPS) is 12.8. The summed E-state index contributed by atoms with van der Waals surface area (Å²) in [5.41, 5.74) is 24.2. The zero-order chi connectivity index (χ0) is 60.6. The molecule has 10 heteroatoms. The summed E-state index contributed by atoms with van der Waals surface area (Å²) in [6.45, 7) is -0.795. The van der Waals surface area contributed by atoms with E-state index in [9.17, 15) is 0 Å². The number of anilines is 18. The van der Waals surface area contributed by atoms with Gasteiger partial charge in [0.05, 0.1) is 11.4 Å². The van der Waals surface area contributed by atoms with Crippen LogP contribution in [0.25, 0.3) is 0 Å². The Morgan fingerprint density at radius 3 is 1.05 bits per heavy atom. The van der Waals surface area contributed by atoms with Gasteiger partial charge in [0.25, 0.3) is 6.71 Å². The van der Waals surface area contributed by atoms with Gasteiger partial charge in [-0.2, -0.15) is 0 Å². The quantitative estimate of drug-likeness (QED) is 0.112. The van der Waals surface area contributed by atoms with Crippen molar-refractivity contribution in [3.05, 3.63) is 340 Å². The van der Waals surface area contributed by atoms with Crippen molar-refractivity contribution in [3.63, 3.8) is 0 Å². The summed E-state index contributed by atoms with van der Waals surface area (Å²) in [5.74, 6) is 1.42. The van der Waals surface area contributed by atoms with Crippen LogP contribution in [0.4, 0.5) is 102 Å². The van der Waals surface area contributed by atoms with E-state index < -0.39 is 6.71 Å². The van der Waals surface area contributed by atoms with E-state index in [0.717, 1.165) is 141 Å². The Labute approximate surface area is 535 Å². The third-order valence-corrected chi connectivity index (χ3v) is 18.3. The van der Waals surface area contributed by atoms with Crippen LogP contribution in [-0.2, 0) is 0 Å². The second-order valence-electron chi connectivity index (χ2n) is 23.6. The number of hydrogen-bond donors (Lipinski definition) is 0. The fourth-order valence-corrected chi connectivity index (χ4v) is 14.6. The van der Waals surface area contributed by atoms with Gasteiger partial charge in [0.15, 0.2) is 5.75 Å². The highest BCUT2D eigenvalue weighted by atomic mass is 16.5. The number of fused-ring (bicyclic) bond motifs is 9. The minimum Gasteiger partial charge on any atom is -0.478 e. The van der Waals surface area contributed by atoms with E-state index in [2.05, 4.69) is 369 Å². The highest BCUT2D eigenvalue weighted by Gasteiger charge is 2.53. The van der Waals surface area contributed by atoms with Crippen molar-refractivity contribution in [1.82, 2.24) is 0 Å². The standard InChI is InChI=1S/C82H56B2N6O2/c1-10-30-57(31-11-1)85(58-32-12-2-13-33-58)66-50-51-70-72(52-66)89(64-44-24-8-25-45-64)75-55-68(87(61-38-18-5-19-39-61)62-40-20-6-21-41-62)56-76-78(75)84(70)82-80(91-76)79-81(92-82)83-69-48-28-29-49-71(69)88(63-42-22-7-23-43-63)73-53-67(54-74(77(73)83)90(79)65-46-26-9-27-47-65)86(59-34-14-3-15-35-59)60-36-16-4-17-37-60/h1-56H. The summed E-state index contributed by atoms with van der Waals surface area (Å²) in [7, 11) is 0. The van der Waals surface area contributed by atoms with E-state index in [4.69, 9.17) is 9.15 Å². The zero-order valence-electron chi connectivity index (χ0n) is 50.0. The van der Waals surface area contributed by atoms with Gasteiger partial charge in [0.2, 0.25) is 0 Å². The molecule has 8 nitrogen and oxygen atoms in total. The topological polar surface area (TPSA) is 41.8 Å². The first-order valence-corrected chi connectivity index (χ1v) is 31.4. The summed E-state index contributed by atoms with van der Waals surface area (Å²) in [6.07, 6.45) is 0. The van der Waals surface area contributed by atoms with Gasteiger partial charge in [-0.05, 0) is 162 Å². The highest BCUT2D eigenvalue weighted by molar-refractivity contribution is 7.02. The Kier molecular flexibility index (Phi) is 12.6. The monoisotopic (exact) mass is 1180 g/mol. The van der Waals surface area contributed by atoms with Gasteiger partial charge >= 0.3 is 6.71 Å². The molecule has 0 atom stereocenters. The third kappa shape index (κ3) is 8.56. The van der Waals surface area contributed by atoms with Gasteiger partial charge in [-0.3, -0.25) is 0 Å². The molecule has 18 rings (SSSR count). The van der Waals surface area contributed by atoms with Gasteiger partial charge in [0, 0.05) is 96.8 Å². The molecule has 0 aliphatic carbocycles. The maximum Gasteiger partial charge on any atom is 0.301 e. The predicted molar refractivity (Wildman–Crippen MR) is 383 cm³/mol. The van der Waals surface area contributed by atoms with Gasteiger partial charge in [-0.15, -0.1) is 0 Å². The van der Waals surface area contributed by atoms with E-state index in [1.54, 1.807) is 0 Å². The largest absolute Gasteiger partial charge is 0.478 e. The molecule has 92 heavy (non-hydrogen) atoms. The number of ether oxygens (including phenoxy) is 1. The van der Waals surface area contributed by atoms with E-state index >= 15 is 0 Å². The molecule has 13 aromatic carbocycles. The fraction of sp³-hybridized carbons (Fsp3) is 0. The Balaban J connectivity index is 0.945. The zero-order valence-corrected chi connectivity index (χ0v) is 50.0. The van der Waals surface area contributed by atoms with Crippen molar-refractivity contribution in [1.29, 1.82) is 0 Å². The summed E-state index contributed by atoms with van der Waals surface area (Å²) < 4.78 is 16.1. The lowest BCUT2D eigenvalue weighted by Gasteiger charge is -2.43. The van der Waals surface area contributed by atoms with Gasteiger partial charge < -0.3 is 38.6 Å². The number of hydrogen-bond acceptors (Lipinski definition) is 8. The third-order valence-electron chi connectivity index (χ3n) is 18.3. The van der Waals surface area contributed by atoms with Crippen molar-refractivity contribution < 1.29 is 9.15 Å². The summed E-state index contributed by atoms with van der Waals surface area (Å²) in [6, 6.07) is 122. The van der Waals surface area contributed by atoms with Crippen LogP contribution in [0.5, 0.6) is 11.5 Å². The predicted octanol–water partition coefficient (Wildman–Crippen LogP) is 18.2. The Bertz CT molecular complexity index is 4940. The molecule has 4 aliphatic heterocycles. The van der Waals surface area contributed by atoms with Gasteiger partial charge in [-0.25, -0.2) is 0 Å². The molecule has 0 saturated carbocycles. The molecule has 0 radical (unpaired) electrons. The molecular weight excluding hydrogens is 1120 g/mol. The van der Waals surface area contributed by atoms with Crippen LogP contribution < -0.4 is 67.3 Å². The van der Waals surface area contributed by atoms with Crippen LogP contribution in [0.1, 0.15) is 0 Å². The maximum absolute atomic E-state index is 8.09. The van der Waals surface area contributed by atoms with Crippen molar-refractivity contribution in [2.75, 3.05) is 29.4 Å². The minimum absolute atomic E-state index is 0.363. The van der Waals surface area contributed by atoms with E-state index in [1.165, 1.54) is 0 Å². The number of nitrogens with zero attached hydrogens (tertiary/aromatic N) is 6. The molecule has 0 bridgehead atoms. The number of para-hydroxylation sites is 10. The lowest BCUT2D eigenvalue weighted by atomic mass is 9.35. The van der Waals surface area contributed by atoms with Gasteiger partial charge in [-0.1, -0.05) is 188 Å². The molecule has 0 spiro atoms. The lowest BCUT2D eigenvalue weighted by Crippen LogP contribution is -2.61. The van der Waals surface area contributed by atoms with Crippen molar-refractivity contribution >= 4 is 149 Å². The fourth-order valence-electron chi connectivity index (χ4n) is 14.6. The smallest absolute Gasteiger partial charge is 0.301 e. The molecule has 432 valence electrons. The van der Waals surface area contributed by atoms with Crippen molar-refractivity contribution in [3.8, 4) is 11.5 Å². The minimum atomic E-state index is -0.432. The molecule has 0 saturated heterocycles. The second kappa shape index (κ2) is 21.9. The van der Waals surface area contributed by atoms with Gasteiger partial charge in [0.1, 0.15) is 22.8 Å². The Morgan fingerprint density at radius 1 is 0.250 bits per heavy atom. The molecule has 14 aromatic rings. The molecule has 0 fully saturated rings.